The van der Waals surface area contributed by atoms with Crippen LogP contribution in [0, 0.1) is 13.8 Å². The first-order valence-corrected chi connectivity index (χ1v) is 4.38. The van der Waals surface area contributed by atoms with Gasteiger partial charge in [-0.15, -0.1) is 0 Å². The molecule has 0 atom stereocenters. The van der Waals surface area contributed by atoms with E-state index in [1.807, 2.05) is 20.8 Å². The van der Waals surface area contributed by atoms with Crippen LogP contribution in [0.2, 0.25) is 0 Å². The highest BCUT2D eigenvalue weighted by molar-refractivity contribution is 5.88. The Balaban J connectivity index is 3.45. The fraction of sp³-hybridized carbons (Fsp3) is 0.500. The summed E-state index contributed by atoms with van der Waals surface area (Å²) in [5, 5.41) is 8.96. The Morgan fingerprint density at radius 1 is 1.46 bits per heavy atom. The molecule has 3 heteroatoms. The molecule has 0 aliphatic heterocycles. The third kappa shape index (κ3) is 1.34. The lowest BCUT2D eigenvalue weighted by atomic mass is 10.1. The van der Waals surface area contributed by atoms with Gasteiger partial charge in [-0.2, -0.15) is 0 Å². The molecule has 1 aromatic rings. The zero-order valence-corrected chi connectivity index (χ0v) is 8.51. The topological polar surface area (TPSA) is 42.2 Å². The molecular weight excluding hydrogens is 166 g/mol. The van der Waals surface area contributed by atoms with E-state index in [0.29, 0.717) is 5.69 Å². The Kier molecular flexibility index (Phi) is 2.45. The number of carbonyl (C=O) groups is 1. The van der Waals surface area contributed by atoms with Gasteiger partial charge in [0.2, 0.25) is 0 Å². The summed E-state index contributed by atoms with van der Waals surface area (Å²) in [5.41, 5.74) is 3.52. The van der Waals surface area contributed by atoms with E-state index in [0.717, 1.165) is 23.2 Å². The van der Waals surface area contributed by atoms with Crippen molar-refractivity contribution in [2.45, 2.75) is 27.2 Å². The number of carboxylic acid groups (broad SMARTS) is 1. The average molecular weight is 181 g/mol. The van der Waals surface area contributed by atoms with Crippen molar-refractivity contribution < 1.29 is 9.90 Å². The third-order valence-electron chi connectivity index (χ3n) is 2.64. The minimum absolute atomic E-state index is 0.411. The first kappa shape index (κ1) is 9.84. The molecule has 0 aromatic carbocycles. The van der Waals surface area contributed by atoms with E-state index in [-0.39, 0.29) is 0 Å². The van der Waals surface area contributed by atoms with Crippen molar-refractivity contribution in [1.29, 1.82) is 0 Å². The van der Waals surface area contributed by atoms with Crippen LogP contribution in [-0.4, -0.2) is 15.6 Å². The van der Waals surface area contributed by atoms with E-state index >= 15 is 0 Å². The summed E-state index contributed by atoms with van der Waals surface area (Å²) in [6.45, 7) is 5.87. The molecule has 1 N–H and O–H groups in total. The van der Waals surface area contributed by atoms with Gasteiger partial charge in [-0.1, -0.05) is 6.92 Å². The van der Waals surface area contributed by atoms with Gasteiger partial charge in [0.25, 0.3) is 0 Å². The molecule has 0 fully saturated rings. The van der Waals surface area contributed by atoms with Crippen LogP contribution < -0.4 is 0 Å². The second-order valence-electron chi connectivity index (χ2n) is 3.26. The monoisotopic (exact) mass is 181 g/mol. The number of carboxylic acids is 1. The van der Waals surface area contributed by atoms with Gasteiger partial charge in [0.05, 0.1) is 0 Å². The molecule has 72 valence electrons. The van der Waals surface area contributed by atoms with E-state index in [1.165, 1.54) is 0 Å². The van der Waals surface area contributed by atoms with Crippen molar-refractivity contribution >= 4 is 5.97 Å². The van der Waals surface area contributed by atoms with Gasteiger partial charge in [0.1, 0.15) is 5.69 Å². The fourth-order valence-electron chi connectivity index (χ4n) is 1.86. The Labute approximate surface area is 78.0 Å². The van der Waals surface area contributed by atoms with Crippen molar-refractivity contribution in [2.75, 3.05) is 0 Å². The van der Waals surface area contributed by atoms with Crippen molar-refractivity contribution in [1.82, 2.24) is 4.57 Å². The maximum atomic E-state index is 10.9. The van der Waals surface area contributed by atoms with E-state index < -0.39 is 5.97 Å². The van der Waals surface area contributed by atoms with Crippen molar-refractivity contribution in [3.8, 4) is 0 Å². The summed E-state index contributed by atoms with van der Waals surface area (Å²) in [5.74, 6) is -0.845. The highest BCUT2D eigenvalue weighted by atomic mass is 16.4. The van der Waals surface area contributed by atoms with Crippen LogP contribution in [0.3, 0.4) is 0 Å². The lowest BCUT2D eigenvalue weighted by Gasteiger charge is -1.99. The molecule has 0 unspecified atom stereocenters. The maximum Gasteiger partial charge on any atom is 0.352 e. The van der Waals surface area contributed by atoms with Crippen LogP contribution in [0.15, 0.2) is 0 Å². The Morgan fingerprint density at radius 3 is 2.23 bits per heavy atom. The summed E-state index contributed by atoms with van der Waals surface area (Å²) in [4.78, 5) is 10.9. The molecule has 0 spiro atoms. The molecule has 13 heavy (non-hydrogen) atoms. The SMILES string of the molecule is CCc1c(C)c(C(=O)O)n(C)c1C. The fourth-order valence-corrected chi connectivity index (χ4v) is 1.86. The Hall–Kier alpha value is -1.25. The minimum atomic E-state index is -0.845. The molecule has 0 bridgehead atoms. The van der Waals surface area contributed by atoms with E-state index in [2.05, 4.69) is 0 Å². The van der Waals surface area contributed by atoms with Gasteiger partial charge in [-0.25, -0.2) is 4.79 Å². The summed E-state index contributed by atoms with van der Waals surface area (Å²) in [6, 6.07) is 0. The summed E-state index contributed by atoms with van der Waals surface area (Å²) in [7, 11) is 1.80. The van der Waals surface area contributed by atoms with Crippen molar-refractivity contribution in [3.63, 3.8) is 0 Å². The van der Waals surface area contributed by atoms with Crippen LogP contribution in [0.4, 0.5) is 0 Å². The molecule has 1 rings (SSSR count). The van der Waals surface area contributed by atoms with Crippen LogP contribution in [0.25, 0.3) is 0 Å². The first-order chi connectivity index (χ1) is 6.00. The molecule has 0 aliphatic carbocycles. The number of aromatic nitrogens is 1. The lowest BCUT2D eigenvalue weighted by Crippen LogP contribution is -2.06. The molecule has 1 heterocycles. The van der Waals surface area contributed by atoms with Gasteiger partial charge >= 0.3 is 5.97 Å². The predicted molar refractivity (Wildman–Crippen MR) is 51.2 cm³/mol. The standard InChI is InChI=1S/C10H15NO2/c1-5-8-6(2)9(10(12)13)11(4)7(8)3/h5H2,1-4H3,(H,12,13). The van der Waals surface area contributed by atoms with Gasteiger partial charge in [-0.3, -0.25) is 0 Å². The highest BCUT2D eigenvalue weighted by Gasteiger charge is 2.18. The zero-order chi connectivity index (χ0) is 10.2. The van der Waals surface area contributed by atoms with Gasteiger partial charge < -0.3 is 9.67 Å². The van der Waals surface area contributed by atoms with Gasteiger partial charge in [0.15, 0.2) is 0 Å². The van der Waals surface area contributed by atoms with Gasteiger partial charge in [0, 0.05) is 12.7 Å². The van der Waals surface area contributed by atoms with Crippen molar-refractivity contribution in [2.24, 2.45) is 7.05 Å². The van der Waals surface area contributed by atoms with E-state index in [1.54, 1.807) is 11.6 Å². The average Bonchev–Trinajstić information content (AvgIpc) is 2.24. The number of nitrogens with zero attached hydrogens (tertiary/aromatic N) is 1. The minimum Gasteiger partial charge on any atom is -0.477 e. The number of aromatic carboxylic acids is 1. The van der Waals surface area contributed by atoms with Crippen molar-refractivity contribution in [3.05, 3.63) is 22.5 Å². The summed E-state index contributed by atoms with van der Waals surface area (Å²) in [6.07, 6.45) is 0.888. The number of hydrogen-bond acceptors (Lipinski definition) is 1. The molecular formula is C10H15NO2. The first-order valence-electron chi connectivity index (χ1n) is 4.38. The summed E-state index contributed by atoms with van der Waals surface area (Å²) >= 11 is 0. The third-order valence-corrected chi connectivity index (χ3v) is 2.64. The van der Waals surface area contributed by atoms with Crippen LogP contribution >= 0.6 is 0 Å². The van der Waals surface area contributed by atoms with Crippen LogP contribution in [0.5, 0.6) is 0 Å². The molecule has 1 aromatic heterocycles. The quantitative estimate of drug-likeness (QED) is 0.757. The molecule has 0 aliphatic rings. The van der Waals surface area contributed by atoms with Crippen LogP contribution in [0.1, 0.15) is 34.2 Å². The normalized spacial score (nSPS) is 10.5. The van der Waals surface area contributed by atoms with Crippen LogP contribution in [-0.2, 0) is 13.5 Å². The Bertz CT molecular complexity index is 350. The number of hydrogen-bond donors (Lipinski definition) is 1. The van der Waals surface area contributed by atoms with Gasteiger partial charge in [-0.05, 0) is 31.4 Å². The molecule has 0 saturated carbocycles. The molecule has 0 saturated heterocycles. The summed E-state index contributed by atoms with van der Waals surface area (Å²) < 4.78 is 1.75. The zero-order valence-electron chi connectivity index (χ0n) is 8.51. The lowest BCUT2D eigenvalue weighted by molar-refractivity contribution is 0.0685. The number of rotatable bonds is 2. The maximum absolute atomic E-state index is 10.9. The highest BCUT2D eigenvalue weighted by Crippen LogP contribution is 2.21. The predicted octanol–water partition coefficient (Wildman–Crippen LogP) is 1.90. The Morgan fingerprint density at radius 2 is 2.00 bits per heavy atom. The van der Waals surface area contributed by atoms with E-state index in [4.69, 9.17) is 5.11 Å². The van der Waals surface area contributed by atoms with E-state index in [9.17, 15) is 4.79 Å². The second-order valence-corrected chi connectivity index (χ2v) is 3.26. The second kappa shape index (κ2) is 3.24. The molecule has 0 amide bonds. The molecule has 3 nitrogen and oxygen atoms in total. The largest absolute Gasteiger partial charge is 0.477 e. The smallest absolute Gasteiger partial charge is 0.352 e. The molecule has 0 radical (unpaired) electrons.